The number of sulfonamides is 1. The Hall–Kier alpha value is -1.11. The largest absolute Gasteiger partial charge is 0.480 e. The van der Waals surface area contributed by atoms with E-state index in [-0.39, 0.29) is 0 Å². The summed E-state index contributed by atoms with van der Waals surface area (Å²) in [5, 5.41) is 8.55. The molecule has 0 aliphatic heterocycles. The highest BCUT2D eigenvalue weighted by Gasteiger charge is 2.37. The zero-order valence-corrected chi connectivity index (χ0v) is 8.30. The molecule has 0 spiro atoms. The predicted molar refractivity (Wildman–Crippen MR) is 44.4 cm³/mol. The van der Waals surface area contributed by atoms with Crippen molar-refractivity contribution >= 4 is 21.9 Å². The Labute approximate surface area is 76.0 Å². The van der Waals surface area contributed by atoms with E-state index in [1.54, 1.807) is 4.72 Å². The second-order valence-electron chi connectivity index (χ2n) is 3.13. The van der Waals surface area contributed by atoms with Crippen LogP contribution in [0.3, 0.4) is 0 Å². The molecule has 76 valence electrons. The number of carboxylic acid groups (broad SMARTS) is 1. The molecular weight excluding hydrogens is 198 g/mol. The molecule has 0 saturated heterocycles. The van der Waals surface area contributed by atoms with E-state index < -0.39 is 27.3 Å². The molecule has 0 aromatic heterocycles. The molecule has 6 nitrogen and oxygen atoms in total. The second kappa shape index (κ2) is 3.33. The maximum atomic E-state index is 11.1. The van der Waals surface area contributed by atoms with E-state index in [4.69, 9.17) is 5.11 Å². The van der Waals surface area contributed by atoms with Gasteiger partial charge in [-0.25, -0.2) is 8.42 Å². The van der Waals surface area contributed by atoms with Gasteiger partial charge in [0, 0.05) is 0 Å². The van der Waals surface area contributed by atoms with Gasteiger partial charge in [0.2, 0.25) is 15.9 Å². The van der Waals surface area contributed by atoms with Gasteiger partial charge >= 0.3 is 5.97 Å². The molecular formula is C6H11NO5S. The van der Waals surface area contributed by atoms with Crippen molar-refractivity contribution in [3.8, 4) is 0 Å². The number of amides is 1. The average molecular weight is 209 g/mol. The molecule has 13 heavy (non-hydrogen) atoms. The minimum atomic E-state index is -3.70. The lowest BCUT2D eigenvalue weighted by Gasteiger charge is -2.16. The van der Waals surface area contributed by atoms with Crippen molar-refractivity contribution in [2.24, 2.45) is 5.41 Å². The number of rotatable bonds is 3. The van der Waals surface area contributed by atoms with Crippen LogP contribution in [0.15, 0.2) is 0 Å². The smallest absolute Gasteiger partial charge is 0.318 e. The van der Waals surface area contributed by atoms with E-state index >= 15 is 0 Å². The van der Waals surface area contributed by atoms with Gasteiger partial charge in [0.05, 0.1) is 6.26 Å². The minimum absolute atomic E-state index is 0.781. The molecule has 0 rings (SSSR count). The quantitative estimate of drug-likeness (QED) is 0.591. The predicted octanol–water partition coefficient (Wildman–Crippen LogP) is -0.827. The van der Waals surface area contributed by atoms with Crippen LogP contribution in [-0.4, -0.2) is 31.7 Å². The maximum Gasteiger partial charge on any atom is 0.318 e. The molecule has 0 bridgehead atoms. The van der Waals surface area contributed by atoms with Gasteiger partial charge < -0.3 is 5.11 Å². The Morgan fingerprint density at radius 3 is 1.92 bits per heavy atom. The zero-order valence-electron chi connectivity index (χ0n) is 7.49. The number of nitrogens with one attached hydrogen (secondary N) is 1. The van der Waals surface area contributed by atoms with Crippen molar-refractivity contribution in [2.45, 2.75) is 13.8 Å². The van der Waals surface area contributed by atoms with Gasteiger partial charge in [0.1, 0.15) is 5.41 Å². The van der Waals surface area contributed by atoms with Gasteiger partial charge in [0.25, 0.3) is 0 Å². The van der Waals surface area contributed by atoms with E-state index in [0.717, 1.165) is 20.1 Å². The molecule has 0 heterocycles. The number of carboxylic acids is 1. The van der Waals surface area contributed by atoms with Crippen molar-refractivity contribution < 1.29 is 23.1 Å². The van der Waals surface area contributed by atoms with Crippen molar-refractivity contribution in [3.63, 3.8) is 0 Å². The Morgan fingerprint density at radius 2 is 1.69 bits per heavy atom. The monoisotopic (exact) mass is 209 g/mol. The van der Waals surface area contributed by atoms with Crippen LogP contribution >= 0.6 is 0 Å². The van der Waals surface area contributed by atoms with Gasteiger partial charge in [-0.15, -0.1) is 0 Å². The Kier molecular flexibility index (Phi) is 3.04. The summed E-state index contributed by atoms with van der Waals surface area (Å²) in [4.78, 5) is 21.5. The fourth-order valence-electron chi connectivity index (χ4n) is 0.393. The van der Waals surface area contributed by atoms with Crippen LogP contribution in [-0.2, 0) is 19.6 Å². The number of carbonyl (C=O) groups excluding carboxylic acids is 1. The van der Waals surface area contributed by atoms with E-state index in [0.29, 0.717) is 0 Å². The molecule has 0 atom stereocenters. The molecule has 0 aromatic carbocycles. The van der Waals surface area contributed by atoms with Crippen molar-refractivity contribution in [1.29, 1.82) is 0 Å². The molecule has 0 radical (unpaired) electrons. The highest BCUT2D eigenvalue weighted by Crippen LogP contribution is 2.15. The van der Waals surface area contributed by atoms with Crippen LogP contribution in [0.25, 0.3) is 0 Å². The average Bonchev–Trinajstić information content (AvgIpc) is 1.82. The van der Waals surface area contributed by atoms with Crippen LogP contribution in [0.2, 0.25) is 0 Å². The molecule has 0 saturated carbocycles. The summed E-state index contributed by atoms with van der Waals surface area (Å²) in [6.45, 7) is 2.24. The van der Waals surface area contributed by atoms with Crippen LogP contribution in [0.4, 0.5) is 0 Å². The van der Waals surface area contributed by atoms with Crippen LogP contribution in [0.5, 0.6) is 0 Å². The van der Waals surface area contributed by atoms with E-state index in [1.807, 2.05) is 0 Å². The van der Waals surface area contributed by atoms with Gasteiger partial charge in [-0.3, -0.25) is 14.3 Å². The Morgan fingerprint density at radius 1 is 1.31 bits per heavy atom. The van der Waals surface area contributed by atoms with E-state index in [9.17, 15) is 18.0 Å². The number of hydrogen-bond acceptors (Lipinski definition) is 4. The van der Waals surface area contributed by atoms with Gasteiger partial charge in [0.15, 0.2) is 0 Å². The Bertz CT molecular complexity index is 329. The first kappa shape index (κ1) is 11.9. The highest BCUT2D eigenvalue weighted by atomic mass is 32.2. The van der Waals surface area contributed by atoms with Crippen molar-refractivity contribution in [1.82, 2.24) is 4.72 Å². The third kappa shape index (κ3) is 3.41. The van der Waals surface area contributed by atoms with E-state index in [1.165, 1.54) is 0 Å². The van der Waals surface area contributed by atoms with Crippen LogP contribution in [0, 0.1) is 5.41 Å². The fourth-order valence-corrected chi connectivity index (χ4v) is 0.985. The molecule has 1 amide bonds. The first-order valence-corrected chi connectivity index (χ1v) is 5.22. The first-order chi connectivity index (χ1) is 5.57. The summed E-state index contributed by atoms with van der Waals surface area (Å²) >= 11 is 0. The Balaban J connectivity index is 4.73. The lowest BCUT2D eigenvalue weighted by Crippen LogP contribution is -2.44. The van der Waals surface area contributed by atoms with Gasteiger partial charge in [-0.05, 0) is 13.8 Å². The summed E-state index contributed by atoms with van der Waals surface area (Å²) in [5.74, 6) is -2.43. The lowest BCUT2D eigenvalue weighted by atomic mass is 9.93. The third-order valence-electron chi connectivity index (χ3n) is 1.38. The summed E-state index contributed by atoms with van der Waals surface area (Å²) in [5.41, 5.74) is -1.75. The summed E-state index contributed by atoms with van der Waals surface area (Å²) < 4.78 is 22.8. The molecule has 7 heteroatoms. The standard InChI is InChI=1S/C6H11NO5S/c1-6(2,5(9)10)4(8)7-13(3,11)12/h1-3H3,(H,7,8)(H,9,10). The van der Waals surface area contributed by atoms with Crippen molar-refractivity contribution in [2.75, 3.05) is 6.26 Å². The summed E-state index contributed by atoms with van der Waals surface area (Å²) in [6, 6.07) is 0. The highest BCUT2D eigenvalue weighted by molar-refractivity contribution is 7.89. The molecule has 0 aliphatic rings. The van der Waals surface area contributed by atoms with Crippen LogP contribution < -0.4 is 4.72 Å². The normalized spacial score (nSPS) is 12.2. The molecule has 2 N–H and O–H groups in total. The molecule has 0 aliphatic carbocycles. The van der Waals surface area contributed by atoms with E-state index in [2.05, 4.69) is 0 Å². The topological polar surface area (TPSA) is 101 Å². The molecule has 0 unspecified atom stereocenters. The first-order valence-electron chi connectivity index (χ1n) is 3.33. The fraction of sp³-hybridized carbons (Fsp3) is 0.667. The number of carbonyl (C=O) groups is 2. The third-order valence-corrected chi connectivity index (χ3v) is 1.94. The summed E-state index contributed by atoms with van der Waals surface area (Å²) in [7, 11) is -3.70. The SMILES string of the molecule is CC(C)(C(=O)O)C(=O)NS(C)(=O)=O. The van der Waals surface area contributed by atoms with Crippen molar-refractivity contribution in [3.05, 3.63) is 0 Å². The minimum Gasteiger partial charge on any atom is -0.480 e. The zero-order chi connectivity index (χ0) is 10.9. The number of aliphatic carboxylic acids is 1. The van der Waals surface area contributed by atoms with Gasteiger partial charge in [-0.2, -0.15) is 0 Å². The summed E-state index contributed by atoms with van der Waals surface area (Å²) in [6.07, 6.45) is 0.781. The lowest BCUT2D eigenvalue weighted by molar-refractivity contribution is -0.152. The second-order valence-corrected chi connectivity index (χ2v) is 4.88. The maximum absolute atomic E-state index is 11.1. The van der Waals surface area contributed by atoms with Gasteiger partial charge in [-0.1, -0.05) is 0 Å². The molecule has 0 fully saturated rings. The number of hydrogen-bond donors (Lipinski definition) is 2. The molecule has 0 aromatic rings. The van der Waals surface area contributed by atoms with Crippen LogP contribution in [0.1, 0.15) is 13.8 Å².